The molecule has 1 atom stereocenters. The lowest BCUT2D eigenvalue weighted by Gasteiger charge is -2.18. The second kappa shape index (κ2) is 52.5. The van der Waals surface area contributed by atoms with Gasteiger partial charge < -0.3 is 14.2 Å². The number of esters is 3. The minimum Gasteiger partial charge on any atom is -0.462 e. The van der Waals surface area contributed by atoms with E-state index in [0.29, 0.717) is 19.3 Å². The fourth-order valence-electron chi connectivity index (χ4n) is 7.41. The Morgan fingerprint density at radius 3 is 1.02 bits per heavy atom. The molecule has 0 amide bonds. The second-order valence-electron chi connectivity index (χ2n) is 17.8. The molecular formula is C58H100O6. The lowest BCUT2D eigenvalue weighted by molar-refractivity contribution is -0.167. The van der Waals surface area contributed by atoms with Crippen LogP contribution in [-0.2, 0) is 28.6 Å². The molecule has 0 spiro atoms. The highest BCUT2D eigenvalue weighted by molar-refractivity contribution is 5.71. The van der Waals surface area contributed by atoms with Crippen LogP contribution >= 0.6 is 0 Å². The molecule has 0 radical (unpaired) electrons. The van der Waals surface area contributed by atoms with Gasteiger partial charge in [-0.25, -0.2) is 0 Å². The summed E-state index contributed by atoms with van der Waals surface area (Å²) in [7, 11) is 0. The Morgan fingerprint density at radius 2 is 0.641 bits per heavy atom. The molecule has 0 heterocycles. The zero-order valence-electron chi connectivity index (χ0n) is 42.0. The van der Waals surface area contributed by atoms with E-state index >= 15 is 0 Å². The summed E-state index contributed by atoms with van der Waals surface area (Å²) in [5.74, 6) is -0.900. The van der Waals surface area contributed by atoms with Crippen LogP contribution in [0.1, 0.15) is 258 Å². The Hall–Kier alpha value is -3.15. The maximum Gasteiger partial charge on any atom is 0.306 e. The molecule has 0 aliphatic rings. The van der Waals surface area contributed by atoms with Crippen LogP contribution in [0.3, 0.4) is 0 Å². The fourth-order valence-corrected chi connectivity index (χ4v) is 7.41. The number of rotatable bonds is 48. The van der Waals surface area contributed by atoms with E-state index in [1.807, 2.05) is 0 Å². The lowest BCUT2D eigenvalue weighted by atomic mass is 10.0. The van der Waals surface area contributed by atoms with Gasteiger partial charge in [0.05, 0.1) is 0 Å². The molecule has 1 unspecified atom stereocenters. The first kappa shape index (κ1) is 60.9. The Bertz CT molecular complexity index is 1210. The van der Waals surface area contributed by atoms with E-state index in [2.05, 4.69) is 93.7 Å². The van der Waals surface area contributed by atoms with Crippen molar-refractivity contribution >= 4 is 17.9 Å². The topological polar surface area (TPSA) is 78.9 Å². The zero-order chi connectivity index (χ0) is 46.5. The molecule has 0 fully saturated rings. The van der Waals surface area contributed by atoms with Crippen molar-refractivity contribution in [2.24, 2.45) is 0 Å². The number of unbranched alkanes of at least 4 members (excludes halogenated alkanes) is 25. The summed E-state index contributed by atoms with van der Waals surface area (Å²) < 4.78 is 16.8. The van der Waals surface area contributed by atoms with Gasteiger partial charge in [0.15, 0.2) is 6.10 Å². The Balaban J connectivity index is 4.34. The lowest BCUT2D eigenvalue weighted by Crippen LogP contribution is -2.30. The molecule has 0 aliphatic carbocycles. The number of carbonyl (C=O) groups excluding carboxylic acids is 3. The van der Waals surface area contributed by atoms with Crippen molar-refractivity contribution in [2.45, 2.75) is 264 Å². The highest BCUT2D eigenvalue weighted by Crippen LogP contribution is 2.15. The van der Waals surface area contributed by atoms with Crippen molar-refractivity contribution < 1.29 is 28.6 Å². The third kappa shape index (κ3) is 49.9. The van der Waals surface area contributed by atoms with E-state index < -0.39 is 6.10 Å². The average molecular weight is 893 g/mol. The minimum atomic E-state index is -0.783. The summed E-state index contributed by atoms with van der Waals surface area (Å²) in [6, 6.07) is 0. The Labute approximate surface area is 395 Å². The highest BCUT2D eigenvalue weighted by Gasteiger charge is 2.19. The molecule has 0 rings (SSSR count). The van der Waals surface area contributed by atoms with Gasteiger partial charge in [-0.05, 0) is 83.5 Å². The van der Waals surface area contributed by atoms with Crippen molar-refractivity contribution in [3.8, 4) is 0 Å². The maximum atomic E-state index is 12.8. The first-order valence-electron chi connectivity index (χ1n) is 26.9. The third-order valence-corrected chi connectivity index (χ3v) is 11.4. The van der Waals surface area contributed by atoms with Gasteiger partial charge in [-0.15, -0.1) is 0 Å². The monoisotopic (exact) mass is 893 g/mol. The van der Waals surface area contributed by atoms with Crippen LogP contribution in [0, 0.1) is 0 Å². The van der Waals surface area contributed by atoms with Crippen LogP contribution in [0.15, 0.2) is 72.9 Å². The molecule has 6 nitrogen and oxygen atoms in total. The molecule has 0 bridgehead atoms. The van der Waals surface area contributed by atoms with E-state index in [9.17, 15) is 14.4 Å². The molecule has 368 valence electrons. The van der Waals surface area contributed by atoms with E-state index in [1.54, 1.807) is 0 Å². The van der Waals surface area contributed by atoms with Crippen LogP contribution in [-0.4, -0.2) is 37.2 Å². The summed E-state index contributed by atoms with van der Waals surface area (Å²) in [6.07, 6.45) is 66.0. The van der Waals surface area contributed by atoms with Crippen molar-refractivity contribution in [1.82, 2.24) is 0 Å². The van der Waals surface area contributed by atoms with Crippen LogP contribution < -0.4 is 0 Å². The zero-order valence-corrected chi connectivity index (χ0v) is 42.0. The molecule has 6 heteroatoms. The first-order chi connectivity index (χ1) is 31.5. The van der Waals surface area contributed by atoms with Gasteiger partial charge in [0.2, 0.25) is 0 Å². The fraction of sp³-hybridized carbons (Fsp3) is 0.741. The predicted molar refractivity (Wildman–Crippen MR) is 274 cm³/mol. The van der Waals surface area contributed by atoms with E-state index in [1.165, 1.54) is 96.3 Å². The van der Waals surface area contributed by atoms with Crippen molar-refractivity contribution in [2.75, 3.05) is 13.2 Å². The predicted octanol–water partition coefficient (Wildman–Crippen LogP) is 17.8. The summed E-state index contributed by atoms with van der Waals surface area (Å²) in [4.78, 5) is 38.0. The van der Waals surface area contributed by atoms with Gasteiger partial charge in [0.25, 0.3) is 0 Å². The van der Waals surface area contributed by atoms with Gasteiger partial charge in [-0.1, -0.05) is 229 Å². The van der Waals surface area contributed by atoms with E-state index in [4.69, 9.17) is 14.2 Å². The van der Waals surface area contributed by atoms with Gasteiger partial charge in [-0.3, -0.25) is 14.4 Å². The molecule has 64 heavy (non-hydrogen) atoms. The van der Waals surface area contributed by atoms with Crippen LogP contribution in [0.4, 0.5) is 0 Å². The van der Waals surface area contributed by atoms with Crippen LogP contribution in [0.25, 0.3) is 0 Å². The maximum absolute atomic E-state index is 12.8. The second-order valence-corrected chi connectivity index (χ2v) is 17.8. The molecule has 0 saturated carbocycles. The molecule has 0 aromatic carbocycles. The van der Waals surface area contributed by atoms with Gasteiger partial charge in [0.1, 0.15) is 13.2 Å². The quantitative estimate of drug-likeness (QED) is 0.0262. The van der Waals surface area contributed by atoms with Crippen LogP contribution in [0.2, 0.25) is 0 Å². The molecule has 0 aromatic rings. The number of allylic oxidation sites excluding steroid dienone is 12. The number of hydrogen-bond donors (Lipinski definition) is 0. The van der Waals surface area contributed by atoms with Gasteiger partial charge in [0, 0.05) is 19.3 Å². The smallest absolute Gasteiger partial charge is 0.306 e. The average Bonchev–Trinajstić information content (AvgIpc) is 3.29. The normalized spacial score (nSPS) is 12.6. The highest BCUT2D eigenvalue weighted by atomic mass is 16.6. The van der Waals surface area contributed by atoms with E-state index in [-0.39, 0.29) is 31.1 Å². The molecule has 0 aliphatic heterocycles. The largest absolute Gasteiger partial charge is 0.462 e. The Kier molecular flexibility index (Phi) is 49.9. The van der Waals surface area contributed by atoms with Crippen molar-refractivity contribution in [3.63, 3.8) is 0 Å². The minimum absolute atomic E-state index is 0.0819. The standard InChI is InChI=1S/C58H100O6/c1-4-7-10-13-16-19-22-25-26-27-28-29-30-31-32-34-36-39-42-45-48-51-57(60)63-54-55(53-62-56(59)50-47-44-41-38-35-24-21-18-15-12-9-6-3)64-58(61)52-49-46-43-40-37-33-23-20-17-14-11-8-5-2/h7,10-11,14,16,19-20,23,25-26,28-29,55H,4-6,8-9,12-13,15,17-18,21-22,24,27,30-54H2,1-3H3/b10-7-,14-11-,19-16-,23-20-,26-25-,29-28-. The van der Waals surface area contributed by atoms with Crippen LogP contribution in [0.5, 0.6) is 0 Å². The van der Waals surface area contributed by atoms with Crippen molar-refractivity contribution in [1.29, 1.82) is 0 Å². The van der Waals surface area contributed by atoms with Gasteiger partial charge in [-0.2, -0.15) is 0 Å². The number of ether oxygens (including phenoxy) is 3. The first-order valence-corrected chi connectivity index (χ1v) is 26.9. The Morgan fingerprint density at radius 1 is 0.328 bits per heavy atom. The van der Waals surface area contributed by atoms with Gasteiger partial charge >= 0.3 is 17.9 Å². The summed E-state index contributed by atoms with van der Waals surface area (Å²) in [5, 5.41) is 0. The van der Waals surface area contributed by atoms with Crippen molar-refractivity contribution in [3.05, 3.63) is 72.9 Å². The molecular weight excluding hydrogens is 793 g/mol. The third-order valence-electron chi connectivity index (χ3n) is 11.4. The summed E-state index contributed by atoms with van der Waals surface area (Å²) in [5.41, 5.74) is 0. The summed E-state index contributed by atoms with van der Waals surface area (Å²) in [6.45, 7) is 6.45. The summed E-state index contributed by atoms with van der Waals surface area (Å²) >= 11 is 0. The molecule has 0 aromatic heterocycles. The molecule has 0 N–H and O–H groups in total. The van der Waals surface area contributed by atoms with E-state index in [0.717, 1.165) is 122 Å². The molecule has 0 saturated heterocycles. The SMILES string of the molecule is CC/C=C\C/C=C\C/C=C\C/C=C\CCCCCCCCCCC(=O)OCC(COC(=O)CCCCCCCCCCCCCC)OC(=O)CCCCCCC/C=C\C/C=C\CCC. The number of carbonyl (C=O) groups is 3. The number of hydrogen-bond acceptors (Lipinski definition) is 6.